The molecular weight excluding hydrogens is 242 g/mol. The molecule has 0 fully saturated rings. The van der Waals surface area contributed by atoms with Gasteiger partial charge in [-0.15, -0.1) is 0 Å². The molecule has 0 saturated heterocycles. The average Bonchev–Trinajstić information content (AvgIpc) is 2.37. The van der Waals surface area contributed by atoms with Gasteiger partial charge in [-0.3, -0.25) is 9.59 Å². The maximum Gasteiger partial charge on any atom is 0.290 e. The minimum atomic E-state index is -3.24. The fourth-order valence-corrected chi connectivity index (χ4v) is 2.13. The second kappa shape index (κ2) is 5.09. The summed E-state index contributed by atoms with van der Waals surface area (Å²) in [4.78, 5) is 22.7. The van der Waals surface area contributed by atoms with Crippen LogP contribution >= 0.6 is 0 Å². The summed E-state index contributed by atoms with van der Waals surface area (Å²) in [5, 5.41) is 0. The van der Waals surface area contributed by atoms with E-state index in [1.54, 1.807) is 6.92 Å². The Hall–Kier alpha value is -1.69. The van der Waals surface area contributed by atoms with Crippen molar-refractivity contribution in [3.05, 3.63) is 24.3 Å². The molecule has 5 nitrogen and oxygen atoms in total. The first-order valence-electron chi connectivity index (χ1n) is 4.98. The average molecular weight is 255 g/mol. The lowest BCUT2D eigenvalue weighted by atomic mass is 10.3. The largest absolute Gasteiger partial charge is 0.309 e. The third kappa shape index (κ3) is 2.91. The van der Waals surface area contributed by atoms with Crippen LogP contribution in [0.1, 0.15) is 6.92 Å². The lowest BCUT2D eigenvalue weighted by molar-refractivity contribution is -0.129. The Kier molecular flexibility index (Phi) is 4.01. The van der Waals surface area contributed by atoms with Gasteiger partial charge in [0.15, 0.2) is 9.84 Å². The molecule has 0 saturated carbocycles. The Labute approximate surface area is 100.0 Å². The summed E-state index contributed by atoms with van der Waals surface area (Å²) in [6.07, 6.45) is 0.205. The summed E-state index contributed by atoms with van der Waals surface area (Å²) in [5.41, 5.74) is 0.470. The minimum Gasteiger partial charge on any atom is -0.309 e. The summed E-state index contributed by atoms with van der Waals surface area (Å²) in [6, 6.07) is 5.82. The van der Waals surface area contributed by atoms with E-state index in [0.717, 1.165) is 4.90 Å². The summed E-state index contributed by atoms with van der Waals surface area (Å²) in [6.45, 7) is 1.56. The smallest absolute Gasteiger partial charge is 0.290 e. The number of amides is 1. The fourth-order valence-electron chi connectivity index (χ4n) is 1.25. The highest BCUT2D eigenvalue weighted by Crippen LogP contribution is 2.17. The van der Waals surface area contributed by atoms with Gasteiger partial charge < -0.3 is 4.90 Å². The first-order valence-corrected chi connectivity index (χ1v) is 6.63. The van der Waals surface area contributed by atoms with Crippen LogP contribution in [0.15, 0.2) is 29.2 Å². The molecule has 0 aliphatic carbocycles. The highest BCUT2D eigenvalue weighted by atomic mass is 32.2. The number of nitrogens with zero attached hydrogens (tertiary/aromatic N) is 1. The molecule has 0 unspecified atom stereocenters. The zero-order valence-electron chi connectivity index (χ0n) is 9.58. The molecule has 0 heterocycles. The summed E-state index contributed by atoms with van der Waals surface area (Å²) < 4.78 is 23.1. The number of aldehydes is 1. The van der Waals surface area contributed by atoms with Gasteiger partial charge in [-0.25, -0.2) is 8.42 Å². The monoisotopic (exact) mass is 255 g/mol. The number of sulfone groups is 1. The molecule has 6 heteroatoms. The SMILES string of the molecule is CCS(=O)(=O)c1ccc(N(C)C(=O)C=O)cc1. The predicted octanol–water partition coefficient (Wildman–Crippen LogP) is 0.642. The molecule has 17 heavy (non-hydrogen) atoms. The number of hydrogen-bond donors (Lipinski definition) is 0. The molecule has 0 radical (unpaired) electrons. The topological polar surface area (TPSA) is 71.5 Å². The normalized spacial score (nSPS) is 10.9. The van der Waals surface area contributed by atoms with Gasteiger partial charge in [-0.1, -0.05) is 6.92 Å². The van der Waals surface area contributed by atoms with Crippen molar-refractivity contribution in [2.24, 2.45) is 0 Å². The van der Waals surface area contributed by atoms with Crippen LogP contribution in [0.2, 0.25) is 0 Å². The van der Waals surface area contributed by atoms with Crippen molar-refractivity contribution < 1.29 is 18.0 Å². The van der Waals surface area contributed by atoms with Crippen molar-refractivity contribution in [3.8, 4) is 0 Å². The lowest BCUT2D eigenvalue weighted by Gasteiger charge is -2.14. The van der Waals surface area contributed by atoms with Crippen LogP contribution in [0.5, 0.6) is 0 Å². The number of likely N-dealkylation sites (N-methyl/N-ethyl adjacent to an activating group) is 1. The zero-order valence-corrected chi connectivity index (χ0v) is 10.4. The van der Waals surface area contributed by atoms with E-state index in [0.29, 0.717) is 5.69 Å². The van der Waals surface area contributed by atoms with Gasteiger partial charge >= 0.3 is 0 Å². The van der Waals surface area contributed by atoms with Crippen LogP contribution in [-0.4, -0.2) is 33.4 Å². The van der Waals surface area contributed by atoms with Crippen LogP contribution in [0.3, 0.4) is 0 Å². The van der Waals surface area contributed by atoms with E-state index in [-0.39, 0.29) is 16.9 Å². The van der Waals surface area contributed by atoms with Gasteiger partial charge in [0.1, 0.15) is 0 Å². The Balaban J connectivity index is 3.04. The van der Waals surface area contributed by atoms with E-state index in [2.05, 4.69) is 0 Å². The minimum absolute atomic E-state index is 0.0233. The van der Waals surface area contributed by atoms with Crippen molar-refractivity contribution in [1.82, 2.24) is 0 Å². The number of anilines is 1. The third-order valence-corrected chi connectivity index (χ3v) is 4.15. The van der Waals surface area contributed by atoms with Gasteiger partial charge in [0.2, 0.25) is 6.29 Å². The van der Waals surface area contributed by atoms with Crippen LogP contribution in [0.4, 0.5) is 5.69 Å². The van der Waals surface area contributed by atoms with Gasteiger partial charge in [0.25, 0.3) is 5.91 Å². The summed E-state index contributed by atoms with van der Waals surface area (Å²) in [5.74, 6) is -0.661. The molecule has 1 aromatic rings. The second-order valence-corrected chi connectivity index (χ2v) is 5.69. The summed E-state index contributed by atoms with van der Waals surface area (Å²) in [7, 11) is -1.79. The van der Waals surface area contributed by atoms with E-state index in [4.69, 9.17) is 0 Å². The van der Waals surface area contributed by atoms with Gasteiger partial charge in [-0.2, -0.15) is 0 Å². The second-order valence-electron chi connectivity index (χ2n) is 3.41. The van der Waals surface area contributed by atoms with Gasteiger partial charge in [0.05, 0.1) is 10.6 Å². The molecular formula is C11H13NO4S. The van der Waals surface area contributed by atoms with Crippen molar-refractivity contribution in [2.45, 2.75) is 11.8 Å². The van der Waals surface area contributed by atoms with Gasteiger partial charge in [-0.05, 0) is 24.3 Å². The van der Waals surface area contributed by atoms with Crippen LogP contribution in [0, 0.1) is 0 Å². The molecule has 1 amide bonds. The number of benzene rings is 1. The highest BCUT2D eigenvalue weighted by Gasteiger charge is 2.13. The lowest BCUT2D eigenvalue weighted by Crippen LogP contribution is -2.26. The summed E-state index contributed by atoms with van der Waals surface area (Å²) >= 11 is 0. The molecule has 92 valence electrons. The maximum absolute atomic E-state index is 11.5. The quantitative estimate of drug-likeness (QED) is 0.584. The van der Waals surface area contributed by atoms with Crippen LogP contribution in [-0.2, 0) is 19.4 Å². The number of hydrogen-bond acceptors (Lipinski definition) is 4. The molecule has 0 spiro atoms. The standard InChI is InChI=1S/C11H13NO4S/c1-3-17(15,16)10-6-4-9(5-7-10)12(2)11(14)8-13/h4-8H,3H2,1-2H3. The zero-order chi connectivity index (χ0) is 13.1. The number of rotatable bonds is 4. The molecule has 0 aliphatic rings. The Morgan fingerprint density at radius 1 is 1.29 bits per heavy atom. The third-order valence-electron chi connectivity index (χ3n) is 2.39. The Morgan fingerprint density at radius 3 is 2.24 bits per heavy atom. The molecule has 0 N–H and O–H groups in total. The molecule has 0 aromatic heterocycles. The van der Waals surface area contributed by atoms with Crippen LogP contribution < -0.4 is 4.90 Å². The fraction of sp³-hybridized carbons (Fsp3) is 0.273. The van der Waals surface area contributed by atoms with Crippen molar-refractivity contribution in [3.63, 3.8) is 0 Å². The highest BCUT2D eigenvalue weighted by molar-refractivity contribution is 7.91. The maximum atomic E-state index is 11.5. The van der Waals surface area contributed by atoms with E-state index in [9.17, 15) is 18.0 Å². The molecule has 0 atom stereocenters. The predicted molar refractivity (Wildman–Crippen MR) is 63.6 cm³/mol. The van der Waals surface area contributed by atoms with Crippen LogP contribution in [0.25, 0.3) is 0 Å². The molecule has 0 aliphatic heterocycles. The molecule has 0 bridgehead atoms. The van der Waals surface area contributed by atoms with Crippen molar-refractivity contribution >= 4 is 27.7 Å². The van der Waals surface area contributed by atoms with Crippen molar-refractivity contribution in [1.29, 1.82) is 0 Å². The van der Waals surface area contributed by atoms with Gasteiger partial charge in [0, 0.05) is 12.7 Å². The Bertz CT molecular complexity index is 519. The van der Waals surface area contributed by atoms with E-state index in [1.807, 2.05) is 0 Å². The van der Waals surface area contributed by atoms with E-state index < -0.39 is 15.7 Å². The molecule has 1 rings (SSSR count). The number of carbonyl (C=O) groups is 2. The first-order chi connectivity index (χ1) is 7.92. The van der Waals surface area contributed by atoms with Crippen molar-refractivity contribution in [2.75, 3.05) is 17.7 Å². The van der Waals surface area contributed by atoms with E-state index in [1.165, 1.54) is 31.3 Å². The molecule has 1 aromatic carbocycles. The Morgan fingerprint density at radius 2 is 1.82 bits per heavy atom. The number of carbonyl (C=O) groups excluding carboxylic acids is 2. The van der Waals surface area contributed by atoms with E-state index >= 15 is 0 Å². The first kappa shape index (κ1) is 13.4.